The largest absolute Gasteiger partial charge is 0.327 e. The van der Waals surface area contributed by atoms with Gasteiger partial charge in [-0.25, -0.2) is 14.4 Å². The highest BCUT2D eigenvalue weighted by Crippen LogP contribution is 2.26. The van der Waals surface area contributed by atoms with E-state index in [1.54, 1.807) is 18.3 Å². The summed E-state index contributed by atoms with van der Waals surface area (Å²) in [6.45, 7) is 0. The number of aromatic nitrogens is 3. The lowest BCUT2D eigenvalue weighted by atomic mass is 10.2. The van der Waals surface area contributed by atoms with Crippen LogP contribution in [0.2, 0.25) is 5.15 Å². The molecule has 0 radical (unpaired) electrons. The SMILES string of the molecule is Cn1c(-c2ccc(F)cc2)nc2c(Cl)nccc21. The third kappa shape index (κ3) is 1.66. The first kappa shape index (κ1) is 11.2. The van der Waals surface area contributed by atoms with Gasteiger partial charge in [0.05, 0.1) is 5.52 Å². The lowest BCUT2D eigenvalue weighted by Gasteiger charge is -2.01. The van der Waals surface area contributed by atoms with Crippen LogP contribution in [0.5, 0.6) is 0 Å². The van der Waals surface area contributed by atoms with Crippen molar-refractivity contribution in [3.63, 3.8) is 0 Å². The molecule has 0 fully saturated rings. The van der Waals surface area contributed by atoms with Crippen molar-refractivity contribution in [2.45, 2.75) is 0 Å². The van der Waals surface area contributed by atoms with Gasteiger partial charge in [-0.2, -0.15) is 0 Å². The van der Waals surface area contributed by atoms with Gasteiger partial charge >= 0.3 is 0 Å². The Hall–Kier alpha value is -1.94. The number of nitrogens with zero attached hydrogens (tertiary/aromatic N) is 3. The Morgan fingerprint density at radius 2 is 1.89 bits per heavy atom. The molecule has 2 aromatic heterocycles. The molecule has 0 saturated heterocycles. The number of fused-ring (bicyclic) bond motifs is 1. The van der Waals surface area contributed by atoms with E-state index >= 15 is 0 Å². The van der Waals surface area contributed by atoms with E-state index in [2.05, 4.69) is 9.97 Å². The summed E-state index contributed by atoms with van der Waals surface area (Å²) < 4.78 is 14.8. The smallest absolute Gasteiger partial charge is 0.156 e. The molecule has 0 atom stereocenters. The van der Waals surface area contributed by atoms with Crippen LogP contribution in [-0.2, 0) is 7.05 Å². The second-order valence-electron chi connectivity index (χ2n) is 3.97. The van der Waals surface area contributed by atoms with E-state index in [1.165, 1.54) is 12.1 Å². The van der Waals surface area contributed by atoms with E-state index in [0.29, 0.717) is 10.7 Å². The minimum absolute atomic E-state index is 0.266. The van der Waals surface area contributed by atoms with Gasteiger partial charge in [-0.1, -0.05) is 11.6 Å². The maximum absolute atomic E-state index is 12.9. The van der Waals surface area contributed by atoms with Crippen LogP contribution in [0.25, 0.3) is 22.4 Å². The van der Waals surface area contributed by atoms with Crippen LogP contribution in [0.3, 0.4) is 0 Å². The molecule has 18 heavy (non-hydrogen) atoms. The standard InChI is InChI=1S/C13H9ClFN3/c1-18-10-6-7-16-12(14)11(10)17-13(18)8-2-4-9(15)5-3-8/h2-7H,1H3. The molecule has 3 rings (SSSR count). The van der Waals surface area contributed by atoms with Crippen molar-refractivity contribution in [3.05, 3.63) is 47.5 Å². The van der Waals surface area contributed by atoms with E-state index in [-0.39, 0.29) is 5.82 Å². The zero-order chi connectivity index (χ0) is 12.7. The second-order valence-corrected chi connectivity index (χ2v) is 4.33. The van der Waals surface area contributed by atoms with Gasteiger partial charge < -0.3 is 4.57 Å². The van der Waals surface area contributed by atoms with Gasteiger partial charge in [-0.15, -0.1) is 0 Å². The number of benzene rings is 1. The predicted octanol–water partition coefficient (Wildman–Crippen LogP) is 3.43. The summed E-state index contributed by atoms with van der Waals surface area (Å²) in [6.07, 6.45) is 1.64. The quantitative estimate of drug-likeness (QED) is 0.629. The number of pyridine rings is 1. The molecule has 0 spiro atoms. The molecule has 0 unspecified atom stereocenters. The van der Waals surface area contributed by atoms with E-state index in [9.17, 15) is 4.39 Å². The number of rotatable bonds is 1. The van der Waals surface area contributed by atoms with Crippen molar-refractivity contribution >= 4 is 22.6 Å². The van der Waals surface area contributed by atoms with Gasteiger partial charge in [0.2, 0.25) is 0 Å². The molecule has 0 aliphatic rings. The molecule has 5 heteroatoms. The summed E-state index contributed by atoms with van der Waals surface area (Å²) in [4.78, 5) is 8.46. The van der Waals surface area contributed by atoms with Crippen molar-refractivity contribution < 1.29 is 4.39 Å². The van der Waals surface area contributed by atoms with Crippen LogP contribution in [0.1, 0.15) is 0 Å². The molecule has 0 amide bonds. The number of aryl methyl sites for hydroxylation is 1. The fraction of sp³-hybridized carbons (Fsp3) is 0.0769. The molecule has 0 aliphatic carbocycles. The van der Waals surface area contributed by atoms with Gasteiger partial charge in [-0.05, 0) is 30.3 Å². The first-order chi connectivity index (χ1) is 8.66. The minimum Gasteiger partial charge on any atom is -0.327 e. The van der Waals surface area contributed by atoms with Crippen molar-refractivity contribution in [3.8, 4) is 11.4 Å². The minimum atomic E-state index is -0.266. The molecule has 0 N–H and O–H groups in total. The number of imidazole rings is 1. The fourth-order valence-electron chi connectivity index (χ4n) is 1.95. The molecule has 90 valence electrons. The Balaban J connectivity index is 2.27. The molecule has 2 heterocycles. The third-order valence-corrected chi connectivity index (χ3v) is 3.13. The molecule has 3 aromatic rings. The Morgan fingerprint density at radius 1 is 1.17 bits per heavy atom. The summed E-state index contributed by atoms with van der Waals surface area (Å²) in [6, 6.07) is 8.06. The van der Waals surface area contributed by atoms with Crippen molar-refractivity contribution in [2.75, 3.05) is 0 Å². The van der Waals surface area contributed by atoms with Crippen LogP contribution in [0.4, 0.5) is 4.39 Å². The zero-order valence-electron chi connectivity index (χ0n) is 9.56. The number of halogens is 2. The van der Waals surface area contributed by atoms with Crippen LogP contribution < -0.4 is 0 Å². The average molecular weight is 262 g/mol. The van der Waals surface area contributed by atoms with Crippen LogP contribution in [0.15, 0.2) is 36.5 Å². The summed E-state index contributed by atoms with van der Waals surface area (Å²) >= 11 is 6.01. The van der Waals surface area contributed by atoms with Gasteiger partial charge in [-0.3, -0.25) is 0 Å². The van der Waals surface area contributed by atoms with Crippen molar-refractivity contribution in [1.82, 2.24) is 14.5 Å². The highest BCUT2D eigenvalue weighted by molar-refractivity contribution is 6.33. The van der Waals surface area contributed by atoms with Gasteiger partial charge in [0.15, 0.2) is 5.15 Å². The summed E-state index contributed by atoms with van der Waals surface area (Å²) in [5, 5.41) is 0.372. The van der Waals surface area contributed by atoms with E-state index in [0.717, 1.165) is 16.9 Å². The van der Waals surface area contributed by atoms with Gasteiger partial charge in [0.25, 0.3) is 0 Å². The molecule has 0 aliphatic heterocycles. The monoisotopic (exact) mass is 261 g/mol. The molecular formula is C13H9ClFN3. The molecular weight excluding hydrogens is 253 g/mol. The van der Waals surface area contributed by atoms with E-state index < -0.39 is 0 Å². The van der Waals surface area contributed by atoms with E-state index in [4.69, 9.17) is 11.6 Å². The first-order valence-corrected chi connectivity index (χ1v) is 5.77. The van der Waals surface area contributed by atoms with Crippen LogP contribution in [0, 0.1) is 5.82 Å². The fourth-order valence-corrected chi connectivity index (χ4v) is 2.14. The molecule has 0 bridgehead atoms. The lowest BCUT2D eigenvalue weighted by Crippen LogP contribution is -1.92. The van der Waals surface area contributed by atoms with Crippen molar-refractivity contribution in [1.29, 1.82) is 0 Å². The summed E-state index contributed by atoms with van der Waals surface area (Å²) in [5.41, 5.74) is 2.39. The maximum Gasteiger partial charge on any atom is 0.156 e. The number of hydrogen-bond acceptors (Lipinski definition) is 2. The Labute approximate surface area is 108 Å². The Kier molecular flexibility index (Phi) is 2.52. The van der Waals surface area contributed by atoms with Gasteiger partial charge in [0, 0.05) is 18.8 Å². The zero-order valence-corrected chi connectivity index (χ0v) is 10.3. The molecule has 0 saturated carbocycles. The van der Waals surface area contributed by atoms with Crippen LogP contribution in [-0.4, -0.2) is 14.5 Å². The maximum atomic E-state index is 12.9. The van der Waals surface area contributed by atoms with Gasteiger partial charge in [0.1, 0.15) is 17.2 Å². The summed E-state index contributed by atoms with van der Waals surface area (Å²) in [5.74, 6) is 0.470. The highest BCUT2D eigenvalue weighted by Gasteiger charge is 2.12. The summed E-state index contributed by atoms with van der Waals surface area (Å²) in [7, 11) is 1.89. The predicted molar refractivity (Wildman–Crippen MR) is 68.9 cm³/mol. The third-order valence-electron chi connectivity index (χ3n) is 2.86. The lowest BCUT2D eigenvalue weighted by molar-refractivity contribution is 0.628. The second kappa shape index (κ2) is 4.07. The Bertz CT molecular complexity index is 719. The average Bonchev–Trinajstić information content (AvgIpc) is 2.70. The topological polar surface area (TPSA) is 30.7 Å². The molecule has 1 aromatic carbocycles. The van der Waals surface area contributed by atoms with E-state index in [1.807, 2.05) is 17.7 Å². The Morgan fingerprint density at radius 3 is 2.56 bits per heavy atom. The normalized spacial score (nSPS) is 11.1. The highest BCUT2D eigenvalue weighted by atomic mass is 35.5. The van der Waals surface area contributed by atoms with Crippen LogP contribution >= 0.6 is 11.6 Å². The molecule has 3 nitrogen and oxygen atoms in total. The first-order valence-electron chi connectivity index (χ1n) is 5.39. The van der Waals surface area contributed by atoms with Crippen molar-refractivity contribution in [2.24, 2.45) is 7.05 Å². The number of hydrogen-bond donors (Lipinski definition) is 0.